The van der Waals surface area contributed by atoms with Gasteiger partial charge in [-0.1, -0.05) is 6.92 Å². The molecule has 4 heteroatoms. The molecule has 3 rings (SSSR count). The van der Waals surface area contributed by atoms with Crippen molar-refractivity contribution in [2.75, 3.05) is 31.3 Å². The first-order valence-electron chi connectivity index (χ1n) is 8.77. The lowest BCUT2D eigenvalue weighted by Crippen LogP contribution is -2.56. The zero-order valence-corrected chi connectivity index (χ0v) is 14.5. The summed E-state index contributed by atoms with van der Waals surface area (Å²) in [6, 6.07) is 0.492. The number of rotatable bonds is 5. The Hall–Kier alpha value is 0.230. The second-order valence-corrected chi connectivity index (χ2v) is 8.39. The summed E-state index contributed by atoms with van der Waals surface area (Å²) >= 11 is 2.07. The maximum Gasteiger partial charge on any atom is 0.0810 e. The maximum absolute atomic E-state index is 6.22. The van der Waals surface area contributed by atoms with Crippen molar-refractivity contribution in [3.05, 3.63) is 0 Å². The average molecular weight is 314 g/mol. The monoisotopic (exact) mass is 313 g/mol. The van der Waals surface area contributed by atoms with Gasteiger partial charge in [0.2, 0.25) is 0 Å². The van der Waals surface area contributed by atoms with E-state index < -0.39 is 0 Å². The molecular formula is C17H31NO2S. The number of hydrogen-bond acceptors (Lipinski definition) is 4. The predicted molar refractivity (Wildman–Crippen MR) is 89.0 cm³/mol. The molecule has 3 heterocycles. The third-order valence-electron chi connectivity index (χ3n) is 5.59. The van der Waals surface area contributed by atoms with Crippen molar-refractivity contribution in [2.24, 2.45) is 5.92 Å². The number of hydrogen-bond donors (Lipinski definition) is 1. The van der Waals surface area contributed by atoms with E-state index in [1.807, 2.05) is 0 Å². The third kappa shape index (κ3) is 3.44. The Morgan fingerprint density at radius 2 is 2.19 bits per heavy atom. The second-order valence-electron chi connectivity index (χ2n) is 7.28. The van der Waals surface area contributed by atoms with Crippen molar-refractivity contribution >= 4 is 11.8 Å². The Labute approximate surface area is 133 Å². The fourth-order valence-electron chi connectivity index (χ4n) is 4.44. The zero-order valence-electron chi connectivity index (χ0n) is 13.7. The van der Waals surface area contributed by atoms with Gasteiger partial charge in [0.25, 0.3) is 0 Å². The molecule has 3 fully saturated rings. The fraction of sp³-hybridized carbons (Fsp3) is 1.00. The summed E-state index contributed by atoms with van der Waals surface area (Å²) < 4.78 is 12.4. The molecule has 4 unspecified atom stereocenters. The molecule has 0 bridgehead atoms. The van der Waals surface area contributed by atoms with Crippen LogP contribution in [0.3, 0.4) is 0 Å². The summed E-state index contributed by atoms with van der Waals surface area (Å²) in [6.07, 6.45) is 7.26. The molecule has 0 saturated carbocycles. The topological polar surface area (TPSA) is 30.5 Å². The Morgan fingerprint density at radius 3 is 2.86 bits per heavy atom. The van der Waals surface area contributed by atoms with E-state index in [-0.39, 0.29) is 11.2 Å². The van der Waals surface area contributed by atoms with Crippen LogP contribution in [0.5, 0.6) is 0 Å². The van der Waals surface area contributed by atoms with Crippen LogP contribution < -0.4 is 5.32 Å². The molecule has 0 amide bonds. The fourth-order valence-corrected chi connectivity index (χ4v) is 5.82. The van der Waals surface area contributed by atoms with Crippen LogP contribution in [0.4, 0.5) is 0 Å². The van der Waals surface area contributed by atoms with Crippen LogP contribution in [0.1, 0.15) is 52.4 Å². The summed E-state index contributed by atoms with van der Waals surface area (Å²) in [5.41, 5.74) is 0.207. The molecule has 3 saturated heterocycles. The van der Waals surface area contributed by atoms with E-state index in [4.69, 9.17) is 9.47 Å². The van der Waals surface area contributed by atoms with Gasteiger partial charge in [0.15, 0.2) is 0 Å². The molecule has 122 valence electrons. The highest BCUT2D eigenvalue weighted by molar-refractivity contribution is 7.99. The van der Waals surface area contributed by atoms with E-state index in [2.05, 4.69) is 30.9 Å². The summed E-state index contributed by atoms with van der Waals surface area (Å²) in [7, 11) is 0. The smallest absolute Gasteiger partial charge is 0.0810 e. The summed E-state index contributed by atoms with van der Waals surface area (Å²) in [5.74, 6) is 3.17. The van der Waals surface area contributed by atoms with Crippen molar-refractivity contribution in [2.45, 2.75) is 69.6 Å². The lowest BCUT2D eigenvalue weighted by atomic mass is 9.75. The van der Waals surface area contributed by atoms with Gasteiger partial charge in [-0.3, -0.25) is 0 Å². The first kappa shape index (κ1) is 16.1. The molecule has 3 aliphatic rings. The van der Waals surface area contributed by atoms with E-state index in [0.717, 1.165) is 19.8 Å². The molecule has 4 atom stereocenters. The number of ether oxygens (including phenoxy) is 2. The second kappa shape index (κ2) is 6.77. The van der Waals surface area contributed by atoms with Gasteiger partial charge in [0.05, 0.1) is 11.2 Å². The lowest BCUT2D eigenvalue weighted by molar-refractivity contribution is -0.108. The van der Waals surface area contributed by atoms with Crippen LogP contribution in [0.25, 0.3) is 0 Å². The van der Waals surface area contributed by atoms with E-state index >= 15 is 0 Å². The first-order valence-corrected chi connectivity index (χ1v) is 9.92. The van der Waals surface area contributed by atoms with Crippen molar-refractivity contribution in [3.8, 4) is 0 Å². The molecule has 3 nitrogen and oxygen atoms in total. The molecular weight excluding hydrogens is 282 g/mol. The first-order chi connectivity index (χ1) is 10.2. The minimum Gasteiger partial charge on any atom is -0.374 e. The molecule has 0 aromatic carbocycles. The van der Waals surface area contributed by atoms with Crippen LogP contribution in [0.2, 0.25) is 0 Å². The lowest BCUT2D eigenvalue weighted by Gasteiger charge is -2.46. The molecule has 3 aliphatic heterocycles. The highest BCUT2D eigenvalue weighted by Gasteiger charge is 2.48. The van der Waals surface area contributed by atoms with Gasteiger partial charge in [-0.15, -0.1) is 0 Å². The molecule has 1 N–H and O–H groups in total. The van der Waals surface area contributed by atoms with Crippen molar-refractivity contribution in [3.63, 3.8) is 0 Å². The van der Waals surface area contributed by atoms with Crippen LogP contribution in [-0.2, 0) is 9.47 Å². The van der Waals surface area contributed by atoms with Gasteiger partial charge in [-0.05, 0) is 63.7 Å². The van der Waals surface area contributed by atoms with Crippen molar-refractivity contribution in [1.82, 2.24) is 5.32 Å². The summed E-state index contributed by atoms with van der Waals surface area (Å²) in [4.78, 5) is 0. The molecule has 1 spiro atoms. The zero-order chi connectivity index (χ0) is 14.8. The van der Waals surface area contributed by atoms with E-state index in [1.54, 1.807) is 0 Å². The Balaban J connectivity index is 1.72. The third-order valence-corrected chi connectivity index (χ3v) is 6.81. The Morgan fingerprint density at radius 1 is 1.29 bits per heavy atom. The Kier molecular flexibility index (Phi) is 5.19. The van der Waals surface area contributed by atoms with Crippen LogP contribution >= 0.6 is 11.8 Å². The SMILES string of the molecule is CCCNC(C1CCOC2(CCSC2)C1)C1(C)CCCO1. The van der Waals surface area contributed by atoms with Crippen LogP contribution in [0, 0.1) is 5.92 Å². The Bertz CT molecular complexity index is 338. The normalized spacial score (nSPS) is 41.7. The average Bonchev–Trinajstić information content (AvgIpc) is 3.10. The highest BCUT2D eigenvalue weighted by Crippen LogP contribution is 2.44. The number of thioether (sulfide) groups is 1. The standard InChI is InChI=1S/C17H31NO2S/c1-3-8-18-15(16(2)6-4-9-19-16)14-5-10-20-17(12-14)7-11-21-13-17/h14-15,18H,3-13H2,1-2H3. The number of nitrogens with one attached hydrogen (secondary N) is 1. The van der Waals surface area contributed by atoms with Gasteiger partial charge < -0.3 is 14.8 Å². The van der Waals surface area contributed by atoms with Crippen molar-refractivity contribution < 1.29 is 9.47 Å². The molecule has 0 radical (unpaired) electrons. The van der Waals surface area contributed by atoms with E-state index in [0.29, 0.717) is 12.0 Å². The van der Waals surface area contributed by atoms with Gasteiger partial charge in [-0.25, -0.2) is 0 Å². The minimum absolute atomic E-state index is 0.0319. The molecule has 0 aliphatic carbocycles. The predicted octanol–water partition coefficient (Wildman–Crippen LogP) is 3.23. The van der Waals surface area contributed by atoms with Gasteiger partial charge in [-0.2, -0.15) is 11.8 Å². The van der Waals surface area contributed by atoms with Crippen molar-refractivity contribution in [1.29, 1.82) is 0 Å². The summed E-state index contributed by atoms with van der Waals surface area (Å²) in [6.45, 7) is 7.55. The molecule has 0 aromatic heterocycles. The van der Waals surface area contributed by atoms with Gasteiger partial charge in [0, 0.05) is 25.0 Å². The van der Waals surface area contributed by atoms with Gasteiger partial charge in [0.1, 0.15) is 0 Å². The van der Waals surface area contributed by atoms with E-state index in [9.17, 15) is 0 Å². The minimum atomic E-state index is 0.0319. The van der Waals surface area contributed by atoms with Gasteiger partial charge >= 0.3 is 0 Å². The quantitative estimate of drug-likeness (QED) is 0.844. The molecule has 21 heavy (non-hydrogen) atoms. The highest BCUT2D eigenvalue weighted by atomic mass is 32.2. The molecule has 0 aromatic rings. The summed E-state index contributed by atoms with van der Waals surface area (Å²) in [5, 5.41) is 3.84. The van der Waals surface area contributed by atoms with Crippen LogP contribution in [-0.4, -0.2) is 48.5 Å². The maximum atomic E-state index is 6.22. The van der Waals surface area contributed by atoms with Crippen LogP contribution in [0.15, 0.2) is 0 Å². The van der Waals surface area contributed by atoms with E-state index in [1.165, 1.54) is 50.0 Å². The largest absolute Gasteiger partial charge is 0.374 e.